The van der Waals surface area contributed by atoms with Crippen molar-refractivity contribution in [2.75, 3.05) is 6.61 Å². The number of carbonyl (C=O) groups excluding carboxylic acids is 1. The van der Waals surface area contributed by atoms with Gasteiger partial charge < -0.3 is 9.84 Å². The molecule has 1 aliphatic heterocycles. The zero-order valence-electron chi connectivity index (χ0n) is 12.4. The minimum atomic E-state index is -1.42. The van der Waals surface area contributed by atoms with Gasteiger partial charge in [0.25, 0.3) is 0 Å². The van der Waals surface area contributed by atoms with Crippen LogP contribution in [0.4, 0.5) is 0 Å². The van der Waals surface area contributed by atoms with Gasteiger partial charge >= 0.3 is 11.9 Å². The third-order valence-corrected chi connectivity index (χ3v) is 3.80. The molecule has 0 radical (unpaired) electrons. The van der Waals surface area contributed by atoms with E-state index in [2.05, 4.69) is 6.07 Å². The molecule has 1 atom stereocenters. The Morgan fingerprint density at radius 3 is 2.57 bits per heavy atom. The van der Waals surface area contributed by atoms with Crippen LogP contribution in [0.5, 0.6) is 0 Å². The van der Waals surface area contributed by atoms with Gasteiger partial charge in [0.1, 0.15) is 0 Å². The lowest BCUT2D eigenvalue weighted by Crippen LogP contribution is -2.43. The van der Waals surface area contributed by atoms with Gasteiger partial charge in [-0.1, -0.05) is 41.5 Å². The van der Waals surface area contributed by atoms with Crippen molar-refractivity contribution in [2.45, 2.75) is 33.1 Å². The first-order chi connectivity index (χ1) is 9.94. The van der Waals surface area contributed by atoms with Crippen molar-refractivity contribution in [3.63, 3.8) is 0 Å². The summed E-state index contributed by atoms with van der Waals surface area (Å²) in [5.74, 6) is -1.72. The van der Waals surface area contributed by atoms with Crippen molar-refractivity contribution >= 4 is 18.0 Å². The Morgan fingerprint density at radius 1 is 1.33 bits per heavy atom. The smallest absolute Gasteiger partial charge is 0.323 e. The third-order valence-electron chi connectivity index (χ3n) is 3.80. The van der Waals surface area contributed by atoms with Crippen LogP contribution in [0.25, 0.3) is 6.08 Å². The minimum Gasteiger partial charge on any atom is -0.480 e. The number of hydrogen-bond donors (Lipinski definition) is 1. The molecule has 1 fully saturated rings. The molecule has 1 heterocycles. The summed E-state index contributed by atoms with van der Waals surface area (Å²) in [5.41, 5.74) is 1.89. The zero-order chi connectivity index (χ0) is 15.5. The summed E-state index contributed by atoms with van der Waals surface area (Å²) in [6.07, 6.45) is 4.71. The second kappa shape index (κ2) is 6.12. The fraction of sp³-hybridized carbons (Fsp3) is 0.412. The Kier molecular flexibility index (Phi) is 4.46. The normalized spacial score (nSPS) is 22.3. The van der Waals surface area contributed by atoms with Crippen molar-refractivity contribution in [3.05, 3.63) is 41.0 Å². The van der Waals surface area contributed by atoms with Crippen LogP contribution in [0.2, 0.25) is 0 Å². The number of rotatable bonds is 4. The Morgan fingerprint density at radius 2 is 2.00 bits per heavy atom. The second-order valence-electron chi connectivity index (χ2n) is 5.65. The summed E-state index contributed by atoms with van der Waals surface area (Å²) < 4.78 is 4.94. The van der Waals surface area contributed by atoms with Gasteiger partial charge in [-0.2, -0.15) is 0 Å². The predicted molar refractivity (Wildman–Crippen MR) is 79.8 cm³/mol. The predicted octanol–water partition coefficient (Wildman–Crippen LogP) is 3.11. The maximum Gasteiger partial charge on any atom is 0.323 e. The Balaban J connectivity index is 2.17. The molecule has 1 aromatic carbocycles. The van der Waals surface area contributed by atoms with Crippen LogP contribution < -0.4 is 0 Å². The molecule has 0 amide bonds. The summed E-state index contributed by atoms with van der Waals surface area (Å²) in [5, 5.41) is 9.41. The molecule has 1 aromatic rings. The van der Waals surface area contributed by atoms with E-state index in [0.717, 1.165) is 16.7 Å². The average molecular weight is 288 g/mol. The van der Waals surface area contributed by atoms with E-state index in [0.29, 0.717) is 19.4 Å². The number of esters is 1. The quantitative estimate of drug-likeness (QED) is 0.683. The molecular weight excluding hydrogens is 268 g/mol. The molecule has 1 unspecified atom stereocenters. The zero-order valence-corrected chi connectivity index (χ0v) is 12.4. The van der Waals surface area contributed by atoms with Crippen molar-refractivity contribution < 1.29 is 19.4 Å². The van der Waals surface area contributed by atoms with Gasteiger partial charge in [0, 0.05) is 0 Å². The van der Waals surface area contributed by atoms with Crippen LogP contribution >= 0.6 is 0 Å². The average Bonchev–Trinajstić information content (AvgIpc) is 2.39. The third kappa shape index (κ3) is 3.32. The van der Waals surface area contributed by atoms with Crippen LogP contribution in [0.15, 0.2) is 24.3 Å². The maximum atomic E-state index is 11.9. The van der Waals surface area contributed by atoms with E-state index in [1.807, 2.05) is 32.1 Å². The highest BCUT2D eigenvalue weighted by Gasteiger charge is 2.48. The van der Waals surface area contributed by atoms with Crippen LogP contribution in [0.3, 0.4) is 0 Å². The summed E-state index contributed by atoms with van der Waals surface area (Å²) in [6, 6.07) is 6.13. The standard InChI is InChI=1S/C17H20O4/c1-12-9-13(2)11-14(10-12)5-3-6-17(15(18)19)7-4-8-21-16(17)20/h3,5,9-11H,4,6-8H2,1-2H3,(H,18,19). The van der Waals surface area contributed by atoms with E-state index in [4.69, 9.17) is 4.74 Å². The number of aliphatic carboxylic acids is 1. The number of cyclic esters (lactones) is 1. The van der Waals surface area contributed by atoms with Crippen molar-refractivity contribution in [3.8, 4) is 0 Å². The van der Waals surface area contributed by atoms with E-state index in [9.17, 15) is 14.7 Å². The SMILES string of the molecule is Cc1cc(C)cc(C=CCC2(C(=O)O)CCCOC2=O)c1. The Labute approximate surface area is 124 Å². The lowest BCUT2D eigenvalue weighted by Gasteiger charge is -2.29. The van der Waals surface area contributed by atoms with Gasteiger partial charge in [-0.05, 0) is 38.7 Å². The molecule has 2 rings (SSSR count). The molecule has 21 heavy (non-hydrogen) atoms. The monoisotopic (exact) mass is 288 g/mol. The van der Waals surface area contributed by atoms with Gasteiger partial charge in [-0.3, -0.25) is 9.59 Å². The molecule has 0 saturated carbocycles. The van der Waals surface area contributed by atoms with Crippen LogP contribution in [-0.4, -0.2) is 23.7 Å². The van der Waals surface area contributed by atoms with E-state index >= 15 is 0 Å². The van der Waals surface area contributed by atoms with Gasteiger partial charge in [-0.15, -0.1) is 0 Å². The lowest BCUT2D eigenvalue weighted by atomic mass is 9.78. The summed E-state index contributed by atoms with van der Waals surface area (Å²) in [4.78, 5) is 23.4. The summed E-state index contributed by atoms with van der Waals surface area (Å²) >= 11 is 0. The molecule has 0 aromatic heterocycles. The van der Waals surface area contributed by atoms with Crippen molar-refractivity contribution in [1.82, 2.24) is 0 Å². The van der Waals surface area contributed by atoms with Crippen molar-refractivity contribution in [1.29, 1.82) is 0 Å². The molecule has 0 bridgehead atoms. The highest BCUT2D eigenvalue weighted by Crippen LogP contribution is 2.34. The van der Waals surface area contributed by atoms with Gasteiger partial charge in [-0.25, -0.2) is 0 Å². The van der Waals surface area contributed by atoms with Gasteiger partial charge in [0.05, 0.1) is 6.61 Å². The molecule has 0 aliphatic carbocycles. The topological polar surface area (TPSA) is 63.6 Å². The Bertz CT molecular complexity index is 568. The van der Waals surface area contributed by atoms with E-state index in [-0.39, 0.29) is 6.42 Å². The number of ether oxygens (including phenoxy) is 1. The number of carboxylic acids is 1. The van der Waals surface area contributed by atoms with E-state index in [1.54, 1.807) is 6.08 Å². The minimum absolute atomic E-state index is 0.161. The fourth-order valence-electron chi connectivity index (χ4n) is 2.75. The fourth-order valence-corrected chi connectivity index (χ4v) is 2.75. The molecule has 4 nitrogen and oxygen atoms in total. The molecule has 0 spiro atoms. The number of hydrogen-bond acceptors (Lipinski definition) is 3. The highest BCUT2D eigenvalue weighted by molar-refractivity contribution is 5.99. The van der Waals surface area contributed by atoms with E-state index in [1.165, 1.54) is 0 Å². The Hall–Kier alpha value is -2.10. The number of benzene rings is 1. The van der Waals surface area contributed by atoms with Crippen molar-refractivity contribution in [2.24, 2.45) is 5.41 Å². The molecule has 4 heteroatoms. The largest absolute Gasteiger partial charge is 0.480 e. The summed E-state index contributed by atoms with van der Waals surface area (Å²) in [7, 11) is 0. The molecule has 1 saturated heterocycles. The maximum absolute atomic E-state index is 11.9. The number of carbonyl (C=O) groups is 2. The number of aryl methyl sites for hydroxylation is 2. The molecule has 1 N–H and O–H groups in total. The molecule has 1 aliphatic rings. The molecule has 112 valence electrons. The first-order valence-electron chi connectivity index (χ1n) is 7.09. The van der Waals surface area contributed by atoms with Gasteiger partial charge in [0.2, 0.25) is 0 Å². The first-order valence-corrected chi connectivity index (χ1v) is 7.09. The van der Waals surface area contributed by atoms with E-state index < -0.39 is 17.4 Å². The van der Waals surface area contributed by atoms with Crippen LogP contribution in [-0.2, 0) is 14.3 Å². The first kappa shape index (κ1) is 15.3. The highest BCUT2D eigenvalue weighted by atomic mass is 16.5. The second-order valence-corrected chi connectivity index (χ2v) is 5.65. The summed E-state index contributed by atoms with van der Waals surface area (Å²) in [6.45, 7) is 4.35. The number of carboxylic acid groups (broad SMARTS) is 1. The van der Waals surface area contributed by atoms with Crippen LogP contribution in [0, 0.1) is 19.3 Å². The number of allylic oxidation sites excluding steroid dienone is 1. The lowest BCUT2D eigenvalue weighted by molar-refractivity contribution is -0.174. The molecular formula is C17H20O4. The van der Waals surface area contributed by atoms with Gasteiger partial charge in [0.15, 0.2) is 5.41 Å². The van der Waals surface area contributed by atoms with Crippen LogP contribution in [0.1, 0.15) is 36.0 Å².